The topological polar surface area (TPSA) is 42.0 Å². The molecule has 5 heteroatoms. The summed E-state index contributed by atoms with van der Waals surface area (Å²) in [6, 6.07) is 6.32. The van der Waals surface area contributed by atoms with Crippen molar-refractivity contribution in [1.29, 1.82) is 0 Å². The van der Waals surface area contributed by atoms with Crippen LogP contribution in [0.4, 0.5) is 5.69 Å². The summed E-state index contributed by atoms with van der Waals surface area (Å²) in [5, 5.41) is 0. The lowest BCUT2D eigenvalue weighted by Crippen LogP contribution is -2.66. The minimum Gasteiger partial charge on any atom is -0.497 e. The molecular weight excluding hydrogens is 340 g/mol. The van der Waals surface area contributed by atoms with Crippen molar-refractivity contribution in [3.8, 4) is 5.75 Å². The van der Waals surface area contributed by atoms with Gasteiger partial charge >= 0.3 is 5.97 Å². The number of methoxy groups -OCH3 is 2. The molecule has 4 bridgehead atoms. The number of hydrogen-bond donors (Lipinski definition) is 0. The number of esters is 1. The monoisotopic (exact) mass is 366 g/mol. The van der Waals surface area contributed by atoms with Crippen molar-refractivity contribution in [3.05, 3.63) is 41.6 Å². The molecule has 5 nitrogen and oxygen atoms in total. The van der Waals surface area contributed by atoms with Gasteiger partial charge in [0, 0.05) is 37.2 Å². The molecule has 4 heterocycles. The van der Waals surface area contributed by atoms with E-state index in [0.717, 1.165) is 43.7 Å². The smallest absolute Gasteiger partial charge is 0.310 e. The molecule has 1 aromatic rings. The molecule has 1 spiro atoms. The van der Waals surface area contributed by atoms with E-state index < -0.39 is 0 Å². The van der Waals surface area contributed by atoms with Gasteiger partial charge in [-0.3, -0.25) is 9.69 Å². The van der Waals surface area contributed by atoms with Gasteiger partial charge < -0.3 is 14.4 Å². The molecule has 0 aromatic heterocycles. The van der Waals surface area contributed by atoms with Gasteiger partial charge in [-0.15, -0.1) is 5.73 Å². The molecule has 0 amide bonds. The Bertz CT molecular complexity index is 890. The van der Waals surface area contributed by atoms with Crippen LogP contribution in [0.3, 0.4) is 0 Å². The number of anilines is 1. The second-order valence-electron chi connectivity index (χ2n) is 8.25. The molecule has 4 aliphatic heterocycles. The van der Waals surface area contributed by atoms with Crippen LogP contribution in [-0.4, -0.2) is 50.9 Å². The Morgan fingerprint density at radius 2 is 2.15 bits per heavy atom. The van der Waals surface area contributed by atoms with Crippen LogP contribution in [0.5, 0.6) is 5.75 Å². The van der Waals surface area contributed by atoms with Crippen molar-refractivity contribution in [2.75, 3.05) is 39.3 Å². The molecule has 1 unspecified atom stereocenters. The fourth-order valence-electron chi connectivity index (χ4n) is 6.91. The van der Waals surface area contributed by atoms with E-state index in [0.29, 0.717) is 0 Å². The lowest BCUT2D eigenvalue weighted by Gasteiger charge is -2.54. The SMILES string of the molecule is C=C=C1CN2CC[C@@]34c5cc(OC)ccc5N(C)[C@@]23CC[C@@H]1[C@H]4C(=O)OC. The third-order valence-electron chi connectivity index (χ3n) is 7.84. The molecule has 4 fully saturated rings. The highest BCUT2D eigenvalue weighted by atomic mass is 16.5. The second kappa shape index (κ2) is 5.40. The van der Waals surface area contributed by atoms with E-state index in [1.165, 1.54) is 18.4 Å². The zero-order valence-electron chi connectivity index (χ0n) is 16.2. The first kappa shape index (κ1) is 16.9. The molecule has 142 valence electrons. The molecule has 3 saturated heterocycles. The lowest BCUT2D eigenvalue weighted by molar-refractivity contribution is -0.154. The van der Waals surface area contributed by atoms with Gasteiger partial charge in [0.05, 0.1) is 20.1 Å². The van der Waals surface area contributed by atoms with Gasteiger partial charge in [0.25, 0.3) is 0 Å². The normalized spacial score (nSPS) is 38.1. The van der Waals surface area contributed by atoms with Crippen molar-refractivity contribution in [1.82, 2.24) is 4.90 Å². The van der Waals surface area contributed by atoms with E-state index >= 15 is 0 Å². The summed E-state index contributed by atoms with van der Waals surface area (Å²) in [4.78, 5) is 18.2. The van der Waals surface area contributed by atoms with Crippen LogP contribution in [0.25, 0.3) is 0 Å². The second-order valence-corrected chi connectivity index (χ2v) is 8.25. The highest BCUT2D eigenvalue weighted by Gasteiger charge is 2.75. The maximum Gasteiger partial charge on any atom is 0.310 e. The molecule has 5 atom stereocenters. The lowest BCUT2D eigenvalue weighted by atomic mass is 9.54. The number of hydrogen-bond acceptors (Lipinski definition) is 5. The third kappa shape index (κ3) is 1.68. The van der Waals surface area contributed by atoms with Crippen LogP contribution < -0.4 is 9.64 Å². The minimum atomic E-state index is -0.291. The highest BCUT2D eigenvalue weighted by molar-refractivity contribution is 5.82. The van der Waals surface area contributed by atoms with Crippen molar-refractivity contribution >= 4 is 11.7 Å². The summed E-state index contributed by atoms with van der Waals surface area (Å²) in [7, 11) is 5.40. The van der Waals surface area contributed by atoms with Gasteiger partial charge in [0.15, 0.2) is 0 Å². The molecule has 27 heavy (non-hydrogen) atoms. The Balaban J connectivity index is 1.85. The Morgan fingerprint density at radius 1 is 1.33 bits per heavy atom. The van der Waals surface area contributed by atoms with Crippen molar-refractivity contribution in [2.45, 2.75) is 30.3 Å². The van der Waals surface area contributed by atoms with Gasteiger partial charge in [-0.25, -0.2) is 0 Å². The van der Waals surface area contributed by atoms with Crippen molar-refractivity contribution in [2.24, 2.45) is 11.8 Å². The summed E-state index contributed by atoms with van der Waals surface area (Å²) >= 11 is 0. The van der Waals surface area contributed by atoms with Gasteiger partial charge in [-0.1, -0.05) is 6.58 Å². The summed E-state index contributed by atoms with van der Waals surface area (Å²) in [5.74, 6) is 0.655. The van der Waals surface area contributed by atoms with Crippen LogP contribution in [0.1, 0.15) is 24.8 Å². The molecule has 1 aromatic carbocycles. The maximum absolute atomic E-state index is 13.2. The first-order valence-electron chi connectivity index (χ1n) is 9.69. The number of rotatable bonds is 2. The van der Waals surface area contributed by atoms with Gasteiger partial charge in [0.1, 0.15) is 11.4 Å². The molecular formula is C22H26N2O3. The van der Waals surface area contributed by atoms with E-state index in [1.807, 2.05) is 6.07 Å². The first-order valence-corrected chi connectivity index (χ1v) is 9.69. The zero-order chi connectivity index (χ0) is 19.0. The highest BCUT2D eigenvalue weighted by Crippen LogP contribution is 2.69. The van der Waals surface area contributed by atoms with E-state index in [2.05, 4.69) is 41.3 Å². The zero-order valence-corrected chi connectivity index (χ0v) is 16.2. The molecule has 6 rings (SSSR count). The average Bonchev–Trinajstić information content (AvgIpc) is 3.03. The summed E-state index contributed by atoms with van der Waals surface area (Å²) in [5.41, 5.74) is 6.30. The van der Waals surface area contributed by atoms with Gasteiger partial charge in [0.2, 0.25) is 0 Å². The number of fused-ring (bicyclic) bond motifs is 3. The number of likely N-dealkylation sites (N-methyl/N-ethyl adjacent to an activating group) is 1. The van der Waals surface area contributed by atoms with Crippen molar-refractivity contribution < 1.29 is 14.3 Å². The summed E-state index contributed by atoms with van der Waals surface area (Å²) < 4.78 is 10.9. The standard InChI is InChI=1S/C22H26N2O3/c1-5-14-13-24-11-10-21-17-12-15(26-3)6-7-18(17)23(2)22(21,24)9-8-16(14)19(21)20(25)27-4/h6-7,12,16,19H,1,8-11,13H2,2-4H3/t16-,19-,21-,22-/m0/s1. The number of benzene rings is 1. The van der Waals surface area contributed by atoms with E-state index in [9.17, 15) is 4.79 Å². The van der Waals surface area contributed by atoms with Crippen LogP contribution in [0.2, 0.25) is 0 Å². The summed E-state index contributed by atoms with van der Waals surface area (Å²) in [6.07, 6.45) is 2.95. The molecule has 0 N–H and O–H groups in total. The fourth-order valence-corrected chi connectivity index (χ4v) is 6.91. The van der Waals surface area contributed by atoms with E-state index in [1.54, 1.807) is 7.11 Å². The Morgan fingerprint density at radius 3 is 2.85 bits per heavy atom. The Kier molecular flexibility index (Phi) is 3.38. The average molecular weight is 366 g/mol. The Labute approximate surface area is 160 Å². The van der Waals surface area contributed by atoms with Gasteiger partial charge in [-0.05, 0) is 48.6 Å². The molecule has 1 aliphatic carbocycles. The van der Waals surface area contributed by atoms with Gasteiger partial charge in [-0.2, -0.15) is 0 Å². The van der Waals surface area contributed by atoms with Crippen LogP contribution in [-0.2, 0) is 14.9 Å². The van der Waals surface area contributed by atoms with Crippen LogP contribution in [0, 0.1) is 11.8 Å². The number of carbonyl (C=O) groups excluding carboxylic acids is 1. The first-order chi connectivity index (χ1) is 13.0. The predicted molar refractivity (Wildman–Crippen MR) is 103 cm³/mol. The third-order valence-corrected chi connectivity index (χ3v) is 7.84. The molecule has 1 saturated carbocycles. The van der Waals surface area contributed by atoms with Crippen LogP contribution >= 0.6 is 0 Å². The van der Waals surface area contributed by atoms with E-state index in [-0.39, 0.29) is 28.9 Å². The predicted octanol–water partition coefficient (Wildman–Crippen LogP) is 2.71. The minimum absolute atomic E-state index is 0.107. The quantitative estimate of drug-likeness (QED) is 0.595. The number of carbonyl (C=O) groups is 1. The Hall–Kier alpha value is -2.23. The fraction of sp³-hybridized carbons (Fsp3) is 0.545. The summed E-state index contributed by atoms with van der Waals surface area (Å²) in [6.45, 7) is 5.75. The largest absolute Gasteiger partial charge is 0.497 e. The number of ether oxygens (including phenoxy) is 2. The molecule has 5 aliphatic rings. The van der Waals surface area contributed by atoms with E-state index in [4.69, 9.17) is 9.47 Å². The molecule has 0 radical (unpaired) electrons. The maximum atomic E-state index is 13.2. The van der Waals surface area contributed by atoms with Crippen molar-refractivity contribution in [3.63, 3.8) is 0 Å². The number of nitrogens with zero attached hydrogens (tertiary/aromatic N) is 2. The van der Waals surface area contributed by atoms with Crippen LogP contribution in [0.15, 0.2) is 36.1 Å².